The molecule has 17 heteroatoms. The van der Waals surface area contributed by atoms with Crippen molar-refractivity contribution in [2.45, 2.75) is 44.6 Å². The zero-order valence-corrected chi connectivity index (χ0v) is 23.3. The van der Waals surface area contributed by atoms with Crippen LogP contribution >= 0.6 is 23.1 Å². The summed E-state index contributed by atoms with van der Waals surface area (Å²) >= 11 is 2.37. The molecule has 39 heavy (non-hydrogen) atoms. The Bertz CT molecular complexity index is 1180. The third kappa shape index (κ3) is 7.04. The fourth-order valence-corrected chi connectivity index (χ4v) is 5.53. The second kappa shape index (κ2) is 13.4. The number of nitrogens with one attached hydrogen (secondary N) is 2. The summed E-state index contributed by atoms with van der Waals surface area (Å²) in [4.78, 5) is 71.7. The summed E-state index contributed by atoms with van der Waals surface area (Å²) in [7, 11) is 2.68. The molecule has 212 valence electrons. The van der Waals surface area contributed by atoms with E-state index in [0.717, 1.165) is 11.3 Å². The van der Waals surface area contributed by atoms with Crippen molar-refractivity contribution in [3.8, 4) is 0 Å². The van der Waals surface area contributed by atoms with Crippen LogP contribution in [0.15, 0.2) is 21.8 Å². The lowest BCUT2D eigenvalue weighted by molar-refractivity contribution is -0.169. The summed E-state index contributed by atoms with van der Waals surface area (Å²) < 4.78 is 20.2. The average Bonchev–Trinajstić information content (AvgIpc) is 3.33. The minimum absolute atomic E-state index is 0.0429. The number of ether oxygens (including phenoxy) is 4. The van der Waals surface area contributed by atoms with Crippen LogP contribution in [0.25, 0.3) is 0 Å². The van der Waals surface area contributed by atoms with Gasteiger partial charge in [0.2, 0.25) is 12.7 Å². The Kier molecular flexibility index (Phi) is 10.2. The van der Waals surface area contributed by atoms with Crippen LogP contribution in [0.2, 0.25) is 0 Å². The maximum atomic E-state index is 13.2. The molecular formula is C22H27N5O10S2. The number of rotatable bonds is 12. The number of thioether (sulfide) groups is 1. The van der Waals surface area contributed by atoms with E-state index < -0.39 is 47.7 Å². The molecule has 0 aromatic carbocycles. The highest BCUT2D eigenvalue weighted by atomic mass is 32.2. The first-order valence-electron chi connectivity index (χ1n) is 11.4. The van der Waals surface area contributed by atoms with Crippen LogP contribution in [0.4, 0.5) is 9.93 Å². The van der Waals surface area contributed by atoms with Gasteiger partial charge in [0.15, 0.2) is 10.8 Å². The van der Waals surface area contributed by atoms with Gasteiger partial charge in [-0.1, -0.05) is 5.16 Å². The summed E-state index contributed by atoms with van der Waals surface area (Å²) in [5.74, 6) is -1.93. The molecule has 0 aliphatic carbocycles. The van der Waals surface area contributed by atoms with Crippen molar-refractivity contribution in [3.63, 3.8) is 0 Å². The van der Waals surface area contributed by atoms with E-state index in [2.05, 4.69) is 20.8 Å². The minimum atomic E-state index is -1.30. The van der Waals surface area contributed by atoms with Crippen molar-refractivity contribution < 1.29 is 47.8 Å². The molecule has 3 heterocycles. The van der Waals surface area contributed by atoms with Crippen molar-refractivity contribution >= 4 is 64.3 Å². The number of thiazole rings is 1. The summed E-state index contributed by atoms with van der Waals surface area (Å²) in [6.45, 7) is 4.64. The molecule has 2 N–H and O–H groups in total. The molecule has 3 rings (SSSR count). The van der Waals surface area contributed by atoms with Gasteiger partial charge in [-0.3, -0.25) is 19.3 Å². The molecule has 3 amide bonds. The van der Waals surface area contributed by atoms with Gasteiger partial charge >= 0.3 is 12.1 Å². The van der Waals surface area contributed by atoms with Crippen LogP contribution in [-0.4, -0.2) is 96.3 Å². The molecule has 2 aliphatic rings. The number of fused-ring (bicyclic) bond motifs is 1. The zero-order valence-electron chi connectivity index (χ0n) is 21.6. The molecule has 2 unspecified atom stereocenters. The number of hydrogen-bond donors (Lipinski definition) is 2. The average molecular weight is 586 g/mol. The van der Waals surface area contributed by atoms with Crippen molar-refractivity contribution in [1.82, 2.24) is 15.2 Å². The van der Waals surface area contributed by atoms with Gasteiger partial charge in [0.25, 0.3) is 11.8 Å². The van der Waals surface area contributed by atoms with Crippen molar-refractivity contribution in [2.75, 3.05) is 31.9 Å². The van der Waals surface area contributed by atoms with Gasteiger partial charge in [-0.2, -0.15) is 0 Å². The Morgan fingerprint density at radius 3 is 2.62 bits per heavy atom. The van der Waals surface area contributed by atoms with E-state index in [-0.39, 0.29) is 28.8 Å². The number of esters is 1. The van der Waals surface area contributed by atoms with Crippen LogP contribution in [0.1, 0.15) is 26.5 Å². The largest absolute Gasteiger partial charge is 0.511 e. The van der Waals surface area contributed by atoms with Crippen LogP contribution in [0, 0.1) is 0 Å². The molecule has 1 aromatic rings. The quantitative estimate of drug-likeness (QED) is 0.0880. The number of oxime groups is 1. The molecule has 0 spiro atoms. The SMILES string of the molecule is COCC1=C(C(=O)OC(C)OC(=O)OC(C)C)N2C(=O)C(NC(=O)C(=NOC)c3csc(NC=O)n3)[C@@H]2SC1. The lowest BCUT2D eigenvalue weighted by Gasteiger charge is -2.49. The minimum Gasteiger partial charge on any atom is -0.431 e. The highest BCUT2D eigenvalue weighted by Crippen LogP contribution is 2.41. The molecule has 15 nitrogen and oxygen atoms in total. The Morgan fingerprint density at radius 2 is 1.97 bits per heavy atom. The monoisotopic (exact) mass is 585 g/mol. The molecule has 0 saturated carbocycles. The fourth-order valence-electron chi connectivity index (χ4n) is 3.55. The summed E-state index contributed by atoms with van der Waals surface area (Å²) in [5, 5.41) is 9.77. The molecule has 2 aliphatic heterocycles. The Morgan fingerprint density at radius 1 is 1.23 bits per heavy atom. The van der Waals surface area contributed by atoms with Gasteiger partial charge in [0, 0.05) is 25.2 Å². The van der Waals surface area contributed by atoms with Gasteiger partial charge in [-0.05, 0) is 19.4 Å². The first-order chi connectivity index (χ1) is 18.6. The van der Waals surface area contributed by atoms with E-state index in [0.29, 0.717) is 17.7 Å². The lowest BCUT2D eigenvalue weighted by Crippen LogP contribution is -2.71. The Balaban J connectivity index is 1.74. The number of aromatic nitrogens is 1. The van der Waals surface area contributed by atoms with Gasteiger partial charge in [0.1, 0.15) is 29.9 Å². The third-order valence-corrected chi connectivity index (χ3v) is 7.15. The molecule has 3 atom stereocenters. The van der Waals surface area contributed by atoms with Gasteiger partial charge in [-0.15, -0.1) is 23.1 Å². The van der Waals surface area contributed by atoms with E-state index in [1.165, 1.54) is 43.2 Å². The van der Waals surface area contributed by atoms with Crippen molar-refractivity contribution in [2.24, 2.45) is 5.16 Å². The van der Waals surface area contributed by atoms with E-state index >= 15 is 0 Å². The number of β-lactam (4-membered cyclic amide) rings is 1. The van der Waals surface area contributed by atoms with Crippen LogP contribution in [0.5, 0.6) is 0 Å². The summed E-state index contributed by atoms with van der Waals surface area (Å²) in [5.41, 5.74) is 0.339. The van der Waals surface area contributed by atoms with Crippen molar-refractivity contribution in [1.29, 1.82) is 0 Å². The number of carbonyl (C=O) groups excluding carboxylic acids is 5. The number of hydrogen-bond acceptors (Lipinski definition) is 14. The topological polar surface area (TPSA) is 184 Å². The molecule has 1 aromatic heterocycles. The summed E-state index contributed by atoms with van der Waals surface area (Å²) in [6.07, 6.45) is -2.31. The predicted molar refractivity (Wildman–Crippen MR) is 138 cm³/mol. The number of carbonyl (C=O) groups is 5. The second-order valence-electron chi connectivity index (χ2n) is 8.18. The first kappa shape index (κ1) is 29.9. The van der Waals surface area contributed by atoms with E-state index in [4.69, 9.17) is 23.8 Å². The lowest BCUT2D eigenvalue weighted by atomic mass is 10.0. The Hall–Kier alpha value is -3.70. The highest BCUT2D eigenvalue weighted by molar-refractivity contribution is 8.00. The second-order valence-corrected chi connectivity index (χ2v) is 10.1. The maximum Gasteiger partial charge on any atom is 0.511 e. The van der Waals surface area contributed by atoms with E-state index in [1.807, 2.05) is 0 Å². The van der Waals surface area contributed by atoms with Crippen LogP contribution < -0.4 is 10.6 Å². The highest BCUT2D eigenvalue weighted by Gasteiger charge is 2.55. The number of nitrogens with zero attached hydrogens (tertiary/aromatic N) is 3. The van der Waals surface area contributed by atoms with Crippen LogP contribution in [-0.2, 0) is 43.0 Å². The normalized spacial score (nSPS) is 19.5. The fraction of sp³-hybridized carbons (Fsp3) is 0.500. The standard InChI is InChI=1S/C22H27N5O10S2/c1-10(2)35-22(32)37-11(3)36-20(31)16-12(6-33-4)7-38-19-15(18(30)27(16)19)25-17(29)14(26-34-5)13-8-39-21(24-13)23-9-28/h8-11,15,19H,6-7H2,1-5H3,(H,25,29)(H,23,24,28)/t11?,15?,19-/m0/s1. The number of methoxy groups -OCH3 is 1. The maximum absolute atomic E-state index is 13.2. The smallest absolute Gasteiger partial charge is 0.431 e. The van der Waals surface area contributed by atoms with E-state index in [9.17, 15) is 24.0 Å². The molecular weight excluding hydrogens is 558 g/mol. The molecule has 0 bridgehead atoms. The first-order valence-corrected chi connectivity index (χ1v) is 13.4. The van der Waals surface area contributed by atoms with Crippen LogP contribution in [0.3, 0.4) is 0 Å². The molecule has 1 fully saturated rings. The van der Waals surface area contributed by atoms with Crippen molar-refractivity contribution in [3.05, 3.63) is 22.3 Å². The molecule has 1 saturated heterocycles. The predicted octanol–water partition coefficient (Wildman–Crippen LogP) is 0.813. The third-order valence-electron chi connectivity index (χ3n) is 5.04. The molecule has 0 radical (unpaired) electrons. The number of anilines is 1. The van der Waals surface area contributed by atoms with Gasteiger partial charge in [-0.25, -0.2) is 14.6 Å². The van der Waals surface area contributed by atoms with E-state index in [1.54, 1.807) is 13.8 Å². The van der Waals surface area contributed by atoms with Gasteiger partial charge < -0.3 is 34.4 Å². The Labute approximate surface area is 231 Å². The zero-order chi connectivity index (χ0) is 28.7. The van der Waals surface area contributed by atoms with Gasteiger partial charge in [0.05, 0.1) is 12.7 Å². The number of amides is 3. The summed E-state index contributed by atoms with van der Waals surface area (Å²) in [6, 6.07) is -1.00.